The van der Waals surface area contributed by atoms with Gasteiger partial charge in [-0.15, -0.1) is 11.3 Å². The summed E-state index contributed by atoms with van der Waals surface area (Å²) in [5, 5.41) is 26.0. The molecule has 0 saturated heterocycles. The fourth-order valence-corrected chi connectivity index (χ4v) is 5.56. The highest BCUT2D eigenvalue weighted by molar-refractivity contribution is 7.12. The van der Waals surface area contributed by atoms with Crippen LogP contribution >= 0.6 is 11.3 Å². The first-order valence-corrected chi connectivity index (χ1v) is 14.1. The molecule has 1 aliphatic rings. The van der Waals surface area contributed by atoms with Crippen LogP contribution in [0.1, 0.15) is 32.5 Å². The summed E-state index contributed by atoms with van der Waals surface area (Å²) in [5.41, 5.74) is 4.79. The van der Waals surface area contributed by atoms with Gasteiger partial charge < -0.3 is 25.4 Å². The van der Waals surface area contributed by atoms with Crippen LogP contribution in [0.25, 0.3) is 11.3 Å². The quantitative estimate of drug-likeness (QED) is 0.198. The Hall–Kier alpha value is -4.74. The molecule has 10 nitrogen and oxygen atoms in total. The highest BCUT2D eigenvalue weighted by atomic mass is 32.1. The molecular weight excluding hydrogens is 538 g/mol. The first kappa shape index (κ1) is 26.5. The van der Waals surface area contributed by atoms with E-state index < -0.39 is 6.04 Å². The number of aromatic nitrogens is 4. The van der Waals surface area contributed by atoms with Gasteiger partial charge in [-0.05, 0) is 29.1 Å². The highest BCUT2D eigenvalue weighted by Gasteiger charge is 2.26. The van der Waals surface area contributed by atoms with Gasteiger partial charge in [0.2, 0.25) is 5.95 Å². The smallest absolute Gasteiger partial charge is 0.266 e. The van der Waals surface area contributed by atoms with Crippen LogP contribution in [0.3, 0.4) is 0 Å². The van der Waals surface area contributed by atoms with Crippen LogP contribution in [-0.4, -0.2) is 51.4 Å². The first-order valence-electron chi connectivity index (χ1n) is 13.2. The van der Waals surface area contributed by atoms with Crippen molar-refractivity contribution in [3.63, 3.8) is 0 Å². The number of amides is 1. The molecule has 4 N–H and O–H groups in total. The summed E-state index contributed by atoms with van der Waals surface area (Å²) in [6.07, 6.45) is 0.740. The molecule has 0 unspecified atom stereocenters. The van der Waals surface area contributed by atoms with E-state index in [2.05, 4.69) is 30.7 Å². The van der Waals surface area contributed by atoms with E-state index in [0.29, 0.717) is 35.6 Å². The second-order valence-electron chi connectivity index (χ2n) is 9.56. The second kappa shape index (κ2) is 11.8. The molecule has 1 amide bonds. The van der Waals surface area contributed by atoms with Crippen LogP contribution in [0.15, 0.2) is 78.2 Å². The molecule has 1 atom stereocenters. The second-order valence-corrected chi connectivity index (χ2v) is 10.5. The lowest BCUT2D eigenvalue weighted by Gasteiger charge is -2.29. The van der Waals surface area contributed by atoms with Crippen molar-refractivity contribution in [2.75, 3.05) is 35.8 Å². The standard InChI is InChI=1S/C30H29N7O3S/c1-40-24-11-6-5-10-20(24)28-21-17-37(14-13-22(21)35-36-28)27-16-26(32-29(39)25-12-7-15-41-25)33-30(34-27)31-23(18-38)19-8-3-2-4-9-19/h2-12,15-16,23,38H,13-14,17-18H2,1H3,(H,35,36)(H2,31,32,33,34,39)/t23-/m1/s1. The van der Waals surface area contributed by atoms with E-state index in [0.717, 1.165) is 40.2 Å². The fourth-order valence-electron chi connectivity index (χ4n) is 4.94. The summed E-state index contributed by atoms with van der Waals surface area (Å²) in [6, 6.07) is 22.4. The zero-order chi connectivity index (χ0) is 28.2. The zero-order valence-electron chi connectivity index (χ0n) is 22.4. The summed E-state index contributed by atoms with van der Waals surface area (Å²) >= 11 is 1.36. The van der Waals surface area contributed by atoms with Gasteiger partial charge in [0, 0.05) is 42.4 Å². The molecule has 1 aliphatic heterocycles. The van der Waals surface area contributed by atoms with Crippen molar-refractivity contribution < 1.29 is 14.6 Å². The topological polar surface area (TPSA) is 128 Å². The number of nitrogens with one attached hydrogen (secondary N) is 3. The third-order valence-electron chi connectivity index (χ3n) is 7.01. The molecule has 0 spiro atoms. The van der Waals surface area contributed by atoms with Gasteiger partial charge in [-0.1, -0.05) is 48.5 Å². The molecule has 208 valence electrons. The summed E-state index contributed by atoms with van der Waals surface area (Å²) in [6.45, 7) is 1.09. The maximum Gasteiger partial charge on any atom is 0.266 e. The number of aliphatic hydroxyl groups excluding tert-OH is 1. The molecule has 0 aliphatic carbocycles. The number of fused-ring (bicyclic) bond motifs is 1. The number of carbonyl (C=O) groups is 1. The molecule has 0 saturated carbocycles. The van der Waals surface area contributed by atoms with E-state index in [1.807, 2.05) is 66.0 Å². The minimum Gasteiger partial charge on any atom is -0.496 e. The normalized spacial score (nSPS) is 13.4. The number of aliphatic hydroxyl groups is 1. The Morgan fingerprint density at radius 3 is 2.73 bits per heavy atom. The van der Waals surface area contributed by atoms with Crippen molar-refractivity contribution in [2.45, 2.75) is 19.0 Å². The predicted molar refractivity (Wildman–Crippen MR) is 160 cm³/mol. The van der Waals surface area contributed by atoms with E-state index in [4.69, 9.17) is 9.72 Å². The summed E-state index contributed by atoms with van der Waals surface area (Å²) in [7, 11) is 1.65. The molecule has 2 aromatic carbocycles. The van der Waals surface area contributed by atoms with Crippen LogP contribution in [0.2, 0.25) is 0 Å². The van der Waals surface area contributed by atoms with Gasteiger partial charge in [0.1, 0.15) is 23.1 Å². The largest absolute Gasteiger partial charge is 0.496 e. The third kappa shape index (κ3) is 5.63. The van der Waals surface area contributed by atoms with Gasteiger partial charge in [0.15, 0.2) is 0 Å². The molecule has 6 rings (SSSR count). The van der Waals surface area contributed by atoms with Gasteiger partial charge in [-0.2, -0.15) is 15.1 Å². The predicted octanol–water partition coefficient (Wildman–Crippen LogP) is 4.90. The monoisotopic (exact) mass is 567 g/mol. The molecule has 0 bridgehead atoms. The van der Waals surface area contributed by atoms with Crippen LogP contribution in [0, 0.1) is 0 Å². The molecule has 41 heavy (non-hydrogen) atoms. The Labute approximate surface area is 241 Å². The molecule has 11 heteroatoms. The lowest BCUT2D eigenvalue weighted by atomic mass is 10.0. The van der Waals surface area contributed by atoms with E-state index in [1.165, 1.54) is 11.3 Å². The van der Waals surface area contributed by atoms with E-state index in [-0.39, 0.29) is 12.5 Å². The van der Waals surface area contributed by atoms with Crippen molar-refractivity contribution >= 4 is 34.8 Å². The number of methoxy groups -OCH3 is 1. The van der Waals surface area contributed by atoms with Crippen molar-refractivity contribution in [3.8, 4) is 17.0 Å². The average molecular weight is 568 g/mol. The van der Waals surface area contributed by atoms with Crippen molar-refractivity contribution in [1.29, 1.82) is 0 Å². The summed E-state index contributed by atoms with van der Waals surface area (Å²) in [5.74, 6) is 1.82. The Morgan fingerprint density at radius 2 is 1.95 bits per heavy atom. The van der Waals surface area contributed by atoms with Gasteiger partial charge in [-0.25, -0.2) is 0 Å². The zero-order valence-corrected chi connectivity index (χ0v) is 23.2. The number of aromatic amines is 1. The minimum absolute atomic E-state index is 0.154. The molecule has 4 heterocycles. The molecule has 0 radical (unpaired) electrons. The Morgan fingerprint density at radius 1 is 1.12 bits per heavy atom. The van der Waals surface area contributed by atoms with Gasteiger partial charge in [-0.3, -0.25) is 9.89 Å². The number of hydrogen-bond donors (Lipinski definition) is 4. The van der Waals surface area contributed by atoms with Gasteiger partial charge >= 0.3 is 0 Å². The van der Waals surface area contributed by atoms with E-state index >= 15 is 0 Å². The maximum absolute atomic E-state index is 12.9. The van der Waals surface area contributed by atoms with Crippen molar-refractivity contribution in [2.24, 2.45) is 0 Å². The van der Waals surface area contributed by atoms with Crippen LogP contribution in [0.4, 0.5) is 17.6 Å². The van der Waals surface area contributed by atoms with Crippen LogP contribution in [-0.2, 0) is 13.0 Å². The molecule has 5 aromatic rings. The Kier molecular flexibility index (Phi) is 7.61. The highest BCUT2D eigenvalue weighted by Crippen LogP contribution is 2.35. The summed E-state index contributed by atoms with van der Waals surface area (Å²) < 4.78 is 5.60. The molecular formula is C30H29N7O3S. The number of rotatable bonds is 9. The molecule has 0 fully saturated rings. The average Bonchev–Trinajstić information content (AvgIpc) is 3.71. The van der Waals surface area contributed by atoms with E-state index in [9.17, 15) is 9.90 Å². The number of nitrogens with zero attached hydrogens (tertiary/aromatic N) is 4. The van der Waals surface area contributed by atoms with Crippen LogP contribution < -0.4 is 20.3 Å². The Balaban J connectivity index is 1.34. The Bertz CT molecular complexity index is 1640. The lowest BCUT2D eigenvalue weighted by molar-refractivity contribution is 0.103. The number of para-hydroxylation sites is 1. The number of ether oxygens (including phenoxy) is 1. The maximum atomic E-state index is 12.9. The minimum atomic E-state index is -0.425. The lowest BCUT2D eigenvalue weighted by Crippen LogP contribution is -2.31. The van der Waals surface area contributed by atoms with Gasteiger partial charge in [0.05, 0.1) is 24.6 Å². The number of H-pyrrole nitrogens is 1. The SMILES string of the molecule is COc1ccccc1-c1n[nH]c2c1CN(c1cc(NC(=O)c3cccs3)nc(N[C@H](CO)c3ccccc3)n1)CC2. The number of thiophene rings is 1. The van der Waals surface area contributed by atoms with Crippen molar-refractivity contribution in [1.82, 2.24) is 20.2 Å². The van der Waals surface area contributed by atoms with E-state index in [1.54, 1.807) is 19.2 Å². The number of hydrogen-bond acceptors (Lipinski definition) is 9. The number of benzene rings is 2. The first-order chi connectivity index (χ1) is 20.1. The molecule has 3 aromatic heterocycles. The van der Waals surface area contributed by atoms with Crippen LogP contribution in [0.5, 0.6) is 5.75 Å². The van der Waals surface area contributed by atoms with Crippen molar-refractivity contribution in [3.05, 3.63) is 99.9 Å². The number of carbonyl (C=O) groups excluding carboxylic acids is 1. The third-order valence-corrected chi connectivity index (χ3v) is 7.88. The summed E-state index contributed by atoms with van der Waals surface area (Å²) in [4.78, 5) is 25.0. The fraction of sp³-hybridized carbons (Fsp3) is 0.200. The number of anilines is 3. The van der Waals surface area contributed by atoms with Gasteiger partial charge in [0.25, 0.3) is 5.91 Å².